The van der Waals surface area contributed by atoms with Crippen LogP contribution in [0.5, 0.6) is 0 Å². The third kappa shape index (κ3) is 3.09. The maximum absolute atomic E-state index is 11.7. The van der Waals surface area contributed by atoms with Gasteiger partial charge in [0.05, 0.1) is 20.5 Å². The van der Waals surface area contributed by atoms with Crippen molar-refractivity contribution in [1.82, 2.24) is 15.8 Å². The fourth-order valence-corrected chi connectivity index (χ4v) is 2.21. The van der Waals surface area contributed by atoms with Crippen LogP contribution in [0.15, 0.2) is 43.2 Å². The van der Waals surface area contributed by atoms with Gasteiger partial charge in [0, 0.05) is 12.4 Å². The van der Waals surface area contributed by atoms with Crippen LogP contribution in [0.1, 0.15) is 15.2 Å². The van der Waals surface area contributed by atoms with E-state index in [4.69, 9.17) is 11.6 Å². The van der Waals surface area contributed by atoms with E-state index in [9.17, 15) is 4.79 Å². The smallest absolute Gasteiger partial charge is 0.271 e. The highest BCUT2D eigenvalue weighted by molar-refractivity contribution is 7.17. The number of aromatic nitrogens is 1. The Labute approximate surface area is 113 Å². The SMILES string of the molecule is C=C(NNC(=O)c1cccnc1)c1ccc(Cl)s1. The summed E-state index contributed by atoms with van der Waals surface area (Å²) < 4.78 is 0.673. The molecule has 1 amide bonds. The van der Waals surface area contributed by atoms with Gasteiger partial charge in [-0.05, 0) is 24.3 Å². The Morgan fingerprint density at radius 2 is 2.17 bits per heavy atom. The van der Waals surface area contributed by atoms with Gasteiger partial charge < -0.3 is 0 Å². The summed E-state index contributed by atoms with van der Waals surface area (Å²) in [6.45, 7) is 3.81. The number of hydrogen-bond acceptors (Lipinski definition) is 4. The first-order chi connectivity index (χ1) is 8.66. The van der Waals surface area contributed by atoms with Crippen molar-refractivity contribution in [3.05, 3.63) is 58.0 Å². The Bertz CT molecular complexity index is 568. The molecule has 0 aromatic carbocycles. The van der Waals surface area contributed by atoms with Gasteiger partial charge in [0.15, 0.2) is 0 Å². The molecule has 0 aliphatic heterocycles. The van der Waals surface area contributed by atoms with Crippen molar-refractivity contribution in [2.24, 2.45) is 0 Å². The minimum absolute atomic E-state index is 0.271. The molecular weight excluding hydrogens is 270 g/mol. The van der Waals surface area contributed by atoms with E-state index >= 15 is 0 Å². The summed E-state index contributed by atoms with van der Waals surface area (Å²) in [4.78, 5) is 16.4. The zero-order chi connectivity index (χ0) is 13.0. The molecule has 0 fully saturated rings. The van der Waals surface area contributed by atoms with Crippen LogP contribution in [0.4, 0.5) is 0 Å². The molecule has 0 aliphatic carbocycles. The average molecular weight is 280 g/mol. The van der Waals surface area contributed by atoms with Crippen LogP contribution in [0, 0.1) is 0 Å². The third-order valence-corrected chi connectivity index (χ3v) is 3.41. The second kappa shape index (κ2) is 5.66. The van der Waals surface area contributed by atoms with Crippen molar-refractivity contribution in [3.63, 3.8) is 0 Å². The minimum Gasteiger partial charge on any atom is -0.298 e. The van der Waals surface area contributed by atoms with Crippen LogP contribution in [0.2, 0.25) is 4.34 Å². The zero-order valence-electron chi connectivity index (χ0n) is 9.31. The van der Waals surface area contributed by atoms with Crippen molar-refractivity contribution in [2.45, 2.75) is 0 Å². The van der Waals surface area contributed by atoms with Crippen LogP contribution < -0.4 is 10.9 Å². The number of pyridine rings is 1. The number of halogens is 1. The number of hydrazine groups is 1. The molecule has 2 aromatic rings. The fourth-order valence-electron chi connectivity index (χ4n) is 1.24. The van der Waals surface area contributed by atoms with Crippen LogP contribution in [0.3, 0.4) is 0 Å². The molecule has 0 saturated carbocycles. The highest BCUT2D eigenvalue weighted by atomic mass is 35.5. The van der Waals surface area contributed by atoms with Gasteiger partial charge in [0.1, 0.15) is 0 Å². The second-order valence-electron chi connectivity index (χ2n) is 3.40. The van der Waals surface area contributed by atoms with Gasteiger partial charge in [-0.2, -0.15) is 0 Å². The summed E-state index contributed by atoms with van der Waals surface area (Å²) in [6, 6.07) is 6.98. The molecule has 0 spiro atoms. The van der Waals surface area contributed by atoms with Gasteiger partial charge >= 0.3 is 0 Å². The van der Waals surface area contributed by atoms with Crippen LogP contribution >= 0.6 is 22.9 Å². The van der Waals surface area contributed by atoms with Crippen molar-refractivity contribution in [3.8, 4) is 0 Å². The zero-order valence-corrected chi connectivity index (χ0v) is 10.9. The molecule has 0 bridgehead atoms. The van der Waals surface area contributed by atoms with E-state index in [-0.39, 0.29) is 5.91 Å². The van der Waals surface area contributed by atoms with E-state index in [1.54, 1.807) is 24.4 Å². The predicted molar refractivity (Wildman–Crippen MR) is 73.2 cm³/mol. The van der Waals surface area contributed by atoms with E-state index in [0.29, 0.717) is 15.6 Å². The number of carbonyl (C=O) groups excluding carboxylic acids is 1. The molecule has 0 saturated heterocycles. The van der Waals surface area contributed by atoms with E-state index in [2.05, 4.69) is 22.4 Å². The summed E-state index contributed by atoms with van der Waals surface area (Å²) in [5.41, 5.74) is 6.34. The topological polar surface area (TPSA) is 54.0 Å². The van der Waals surface area contributed by atoms with Crippen molar-refractivity contribution >= 4 is 34.5 Å². The number of hydrogen-bond donors (Lipinski definition) is 2. The summed E-state index contributed by atoms with van der Waals surface area (Å²) in [6.07, 6.45) is 3.10. The van der Waals surface area contributed by atoms with E-state index < -0.39 is 0 Å². The molecule has 2 heterocycles. The van der Waals surface area contributed by atoms with Gasteiger partial charge in [0.2, 0.25) is 0 Å². The molecule has 92 valence electrons. The normalized spacial score (nSPS) is 9.83. The predicted octanol–water partition coefficient (Wildman–Crippen LogP) is 2.70. The van der Waals surface area contributed by atoms with Gasteiger partial charge in [-0.1, -0.05) is 18.2 Å². The van der Waals surface area contributed by atoms with Gasteiger partial charge in [-0.25, -0.2) is 0 Å². The lowest BCUT2D eigenvalue weighted by Crippen LogP contribution is -2.35. The third-order valence-electron chi connectivity index (χ3n) is 2.12. The lowest BCUT2D eigenvalue weighted by Gasteiger charge is -2.09. The first-order valence-electron chi connectivity index (χ1n) is 5.08. The summed E-state index contributed by atoms with van der Waals surface area (Å²) >= 11 is 7.20. The molecule has 2 rings (SSSR count). The molecular formula is C12H10ClN3OS. The van der Waals surface area contributed by atoms with Crippen LogP contribution in [-0.2, 0) is 0 Å². The average Bonchev–Trinajstić information content (AvgIpc) is 2.83. The number of thiophene rings is 1. The maximum atomic E-state index is 11.7. The van der Waals surface area contributed by atoms with Gasteiger partial charge in [-0.3, -0.25) is 20.6 Å². The summed E-state index contributed by atoms with van der Waals surface area (Å²) in [5.74, 6) is -0.271. The van der Waals surface area contributed by atoms with Gasteiger partial charge in [-0.15, -0.1) is 11.3 Å². The van der Waals surface area contributed by atoms with Crippen molar-refractivity contribution < 1.29 is 4.79 Å². The molecule has 6 heteroatoms. The quantitative estimate of drug-likeness (QED) is 0.846. The highest BCUT2D eigenvalue weighted by Gasteiger charge is 2.06. The Hall–Kier alpha value is -1.85. The molecule has 2 aromatic heterocycles. The standard InChI is InChI=1S/C12H10ClN3OS/c1-8(10-4-5-11(13)18-10)15-16-12(17)9-3-2-6-14-7-9/h2-7,15H,1H2,(H,16,17). The number of rotatable bonds is 4. The Balaban J connectivity index is 1.92. The number of amides is 1. The Morgan fingerprint density at radius 1 is 1.33 bits per heavy atom. The summed E-state index contributed by atoms with van der Waals surface area (Å²) in [5, 5.41) is 0. The largest absolute Gasteiger partial charge is 0.298 e. The van der Waals surface area contributed by atoms with Crippen molar-refractivity contribution in [2.75, 3.05) is 0 Å². The van der Waals surface area contributed by atoms with Gasteiger partial charge in [0.25, 0.3) is 5.91 Å². The second-order valence-corrected chi connectivity index (χ2v) is 5.12. The Morgan fingerprint density at radius 3 is 2.78 bits per heavy atom. The van der Waals surface area contributed by atoms with E-state index in [1.807, 2.05) is 6.07 Å². The number of nitrogens with one attached hydrogen (secondary N) is 2. The molecule has 2 N–H and O–H groups in total. The first-order valence-corrected chi connectivity index (χ1v) is 6.27. The fraction of sp³-hybridized carbons (Fsp3) is 0. The van der Waals surface area contributed by atoms with Crippen molar-refractivity contribution in [1.29, 1.82) is 0 Å². The molecule has 0 aliphatic rings. The Kier molecular flexibility index (Phi) is 3.96. The minimum atomic E-state index is -0.271. The highest BCUT2D eigenvalue weighted by Crippen LogP contribution is 2.25. The molecule has 4 nitrogen and oxygen atoms in total. The maximum Gasteiger partial charge on any atom is 0.271 e. The van der Waals surface area contributed by atoms with E-state index in [0.717, 1.165) is 4.88 Å². The molecule has 0 radical (unpaired) electrons. The molecule has 18 heavy (non-hydrogen) atoms. The van der Waals surface area contributed by atoms with E-state index in [1.165, 1.54) is 17.5 Å². The molecule has 0 unspecified atom stereocenters. The van der Waals surface area contributed by atoms with Crippen LogP contribution in [0.25, 0.3) is 5.70 Å². The lowest BCUT2D eigenvalue weighted by molar-refractivity contribution is 0.0942. The lowest BCUT2D eigenvalue weighted by atomic mass is 10.3. The number of carbonyl (C=O) groups is 1. The summed E-state index contributed by atoms with van der Waals surface area (Å²) in [7, 11) is 0. The van der Waals surface area contributed by atoms with Crippen LogP contribution in [-0.4, -0.2) is 10.9 Å². The first kappa shape index (κ1) is 12.6. The monoisotopic (exact) mass is 279 g/mol. The molecule has 0 atom stereocenters. The number of nitrogens with zero attached hydrogens (tertiary/aromatic N) is 1.